The van der Waals surface area contributed by atoms with Crippen molar-refractivity contribution in [1.82, 2.24) is 0 Å². The predicted molar refractivity (Wildman–Crippen MR) is 100.0 cm³/mol. The number of benzene rings is 3. The van der Waals surface area contributed by atoms with E-state index in [4.69, 9.17) is 10.5 Å². The highest BCUT2D eigenvalue weighted by atomic mass is 31.2. The standard InChI is InChI=1S/C20H16NO3P/c21-19(15-11-13-16(14-12-15)20(22)23)25(24,17-7-3-1-4-8-17)18-9-5-2-6-10-18/h1-14,21H,(H,22,23). The van der Waals surface area contributed by atoms with Crippen molar-refractivity contribution in [2.75, 3.05) is 0 Å². The Bertz CT molecular complexity index is 908. The molecule has 0 saturated heterocycles. The van der Waals surface area contributed by atoms with Crippen LogP contribution in [-0.4, -0.2) is 16.5 Å². The Hall–Kier alpha value is -2.97. The topological polar surface area (TPSA) is 78.2 Å². The molecule has 3 rings (SSSR count). The number of hydrogen-bond donors (Lipinski definition) is 2. The second kappa shape index (κ2) is 6.88. The largest absolute Gasteiger partial charge is 0.478 e. The van der Waals surface area contributed by atoms with Crippen LogP contribution in [0.4, 0.5) is 0 Å². The Kier molecular flexibility index (Phi) is 4.64. The van der Waals surface area contributed by atoms with Gasteiger partial charge in [0, 0.05) is 16.2 Å². The Balaban J connectivity index is 2.14. The third-order valence-corrected chi connectivity index (χ3v) is 6.90. The van der Waals surface area contributed by atoms with Gasteiger partial charge in [-0.05, 0) is 12.1 Å². The zero-order chi connectivity index (χ0) is 17.9. The van der Waals surface area contributed by atoms with Gasteiger partial charge in [-0.1, -0.05) is 72.8 Å². The molecule has 5 heteroatoms. The van der Waals surface area contributed by atoms with Gasteiger partial charge in [0.2, 0.25) is 0 Å². The van der Waals surface area contributed by atoms with Gasteiger partial charge in [0.25, 0.3) is 0 Å². The van der Waals surface area contributed by atoms with E-state index < -0.39 is 13.1 Å². The first-order valence-electron chi connectivity index (χ1n) is 7.67. The van der Waals surface area contributed by atoms with Crippen molar-refractivity contribution in [3.8, 4) is 0 Å². The highest BCUT2D eigenvalue weighted by Crippen LogP contribution is 2.46. The van der Waals surface area contributed by atoms with Crippen LogP contribution in [0, 0.1) is 5.41 Å². The molecule has 3 aromatic rings. The number of rotatable bonds is 5. The van der Waals surface area contributed by atoms with Crippen LogP contribution in [0.2, 0.25) is 0 Å². The van der Waals surface area contributed by atoms with E-state index in [2.05, 4.69) is 0 Å². The summed E-state index contributed by atoms with van der Waals surface area (Å²) in [6, 6.07) is 23.8. The molecule has 3 aromatic carbocycles. The summed E-state index contributed by atoms with van der Waals surface area (Å²) in [5.41, 5.74) is 0.564. The van der Waals surface area contributed by atoms with E-state index in [1.165, 1.54) is 24.3 Å². The van der Waals surface area contributed by atoms with Crippen molar-refractivity contribution in [3.63, 3.8) is 0 Å². The summed E-state index contributed by atoms with van der Waals surface area (Å²) >= 11 is 0. The van der Waals surface area contributed by atoms with Gasteiger partial charge in [0.15, 0.2) is 7.14 Å². The molecule has 0 heterocycles. The summed E-state index contributed by atoms with van der Waals surface area (Å²) in [5, 5.41) is 18.8. The fourth-order valence-electron chi connectivity index (χ4n) is 2.64. The van der Waals surface area contributed by atoms with Gasteiger partial charge in [-0.3, -0.25) is 5.41 Å². The Morgan fingerprint density at radius 1 is 0.720 bits per heavy atom. The lowest BCUT2D eigenvalue weighted by molar-refractivity contribution is 0.0697. The SMILES string of the molecule is N=C(c1ccc(C(=O)O)cc1)P(=O)(c1ccccc1)c1ccccc1. The van der Waals surface area contributed by atoms with Gasteiger partial charge in [-0.15, -0.1) is 0 Å². The van der Waals surface area contributed by atoms with Crippen LogP contribution >= 0.6 is 7.14 Å². The molecule has 0 atom stereocenters. The molecule has 25 heavy (non-hydrogen) atoms. The highest BCUT2D eigenvalue weighted by Gasteiger charge is 2.33. The quantitative estimate of drug-likeness (QED) is 0.544. The minimum absolute atomic E-state index is 0.0122. The minimum Gasteiger partial charge on any atom is -0.478 e. The third-order valence-electron chi connectivity index (χ3n) is 3.96. The minimum atomic E-state index is -3.34. The summed E-state index contributed by atoms with van der Waals surface area (Å²) in [7, 11) is -3.34. The molecule has 4 nitrogen and oxygen atoms in total. The molecule has 0 unspecified atom stereocenters. The van der Waals surface area contributed by atoms with Gasteiger partial charge in [0.1, 0.15) is 5.45 Å². The molecule has 0 aromatic heterocycles. The fraction of sp³-hybridized carbons (Fsp3) is 0. The van der Waals surface area contributed by atoms with Crippen LogP contribution in [0.25, 0.3) is 0 Å². The van der Waals surface area contributed by atoms with Crippen molar-refractivity contribution in [2.45, 2.75) is 0 Å². The molecular formula is C20H16NO3P. The van der Waals surface area contributed by atoms with E-state index in [1.807, 2.05) is 12.1 Å². The summed E-state index contributed by atoms with van der Waals surface area (Å²) in [4.78, 5) is 11.0. The molecule has 0 amide bonds. The van der Waals surface area contributed by atoms with Crippen molar-refractivity contribution >= 4 is 29.2 Å². The Labute approximate surface area is 145 Å². The lowest BCUT2D eigenvalue weighted by atomic mass is 10.1. The summed E-state index contributed by atoms with van der Waals surface area (Å²) < 4.78 is 14.0. The predicted octanol–water partition coefficient (Wildman–Crippen LogP) is 3.72. The van der Waals surface area contributed by atoms with Gasteiger partial charge >= 0.3 is 5.97 Å². The second-order valence-corrected chi connectivity index (χ2v) is 8.21. The maximum atomic E-state index is 14.0. The number of nitrogens with one attached hydrogen (secondary N) is 1. The van der Waals surface area contributed by atoms with Crippen molar-refractivity contribution < 1.29 is 14.5 Å². The third kappa shape index (κ3) is 3.17. The summed E-state index contributed by atoms with van der Waals surface area (Å²) in [5.74, 6) is -1.03. The second-order valence-electron chi connectivity index (χ2n) is 5.51. The van der Waals surface area contributed by atoms with Crippen molar-refractivity contribution in [2.24, 2.45) is 0 Å². The zero-order valence-corrected chi connectivity index (χ0v) is 14.2. The van der Waals surface area contributed by atoms with Crippen LogP contribution in [-0.2, 0) is 4.57 Å². The van der Waals surface area contributed by atoms with E-state index in [1.54, 1.807) is 48.5 Å². The Morgan fingerprint density at radius 2 is 1.12 bits per heavy atom. The first-order chi connectivity index (χ1) is 12.0. The van der Waals surface area contributed by atoms with Crippen LogP contribution in [0.1, 0.15) is 15.9 Å². The van der Waals surface area contributed by atoms with Gasteiger partial charge < -0.3 is 9.67 Å². The lowest BCUT2D eigenvalue weighted by Gasteiger charge is -2.20. The lowest BCUT2D eigenvalue weighted by Crippen LogP contribution is -2.22. The molecule has 0 saturated carbocycles. The monoisotopic (exact) mass is 349 g/mol. The van der Waals surface area contributed by atoms with E-state index in [-0.39, 0.29) is 11.0 Å². The average molecular weight is 349 g/mol. The molecule has 0 fully saturated rings. The molecule has 2 N–H and O–H groups in total. The van der Waals surface area contributed by atoms with Crippen molar-refractivity contribution in [1.29, 1.82) is 5.41 Å². The summed E-state index contributed by atoms with van der Waals surface area (Å²) in [6.07, 6.45) is 0. The number of carbonyl (C=O) groups is 1. The van der Waals surface area contributed by atoms with Crippen LogP contribution in [0.3, 0.4) is 0 Å². The summed E-state index contributed by atoms with van der Waals surface area (Å²) in [6.45, 7) is 0. The van der Waals surface area contributed by atoms with Crippen molar-refractivity contribution in [3.05, 3.63) is 96.1 Å². The maximum Gasteiger partial charge on any atom is 0.335 e. The molecule has 0 radical (unpaired) electrons. The fourth-order valence-corrected chi connectivity index (χ4v) is 5.15. The maximum absolute atomic E-state index is 14.0. The number of aromatic carboxylic acids is 1. The first-order valence-corrected chi connectivity index (χ1v) is 9.38. The van der Waals surface area contributed by atoms with Crippen LogP contribution < -0.4 is 10.6 Å². The number of carboxylic acid groups (broad SMARTS) is 1. The zero-order valence-electron chi connectivity index (χ0n) is 13.3. The molecule has 0 spiro atoms. The van der Waals surface area contributed by atoms with Gasteiger partial charge in [-0.25, -0.2) is 4.79 Å². The first kappa shape index (κ1) is 16.9. The molecular weight excluding hydrogens is 333 g/mol. The van der Waals surface area contributed by atoms with Gasteiger partial charge in [-0.2, -0.15) is 0 Å². The normalized spacial score (nSPS) is 11.0. The Morgan fingerprint density at radius 3 is 1.52 bits per heavy atom. The number of carboxylic acids is 1. The average Bonchev–Trinajstić information content (AvgIpc) is 2.68. The van der Waals surface area contributed by atoms with E-state index in [9.17, 15) is 9.36 Å². The van der Waals surface area contributed by atoms with E-state index in [0.717, 1.165) is 0 Å². The molecule has 0 aliphatic rings. The van der Waals surface area contributed by atoms with Gasteiger partial charge in [0.05, 0.1) is 5.56 Å². The molecule has 0 aliphatic heterocycles. The molecule has 0 bridgehead atoms. The number of hydrogen-bond acceptors (Lipinski definition) is 3. The highest BCUT2D eigenvalue weighted by molar-refractivity contribution is 7.93. The molecule has 0 aliphatic carbocycles. The molecule has 124 valence electrons. The van der Waals surface area contributed by atoms with Crippen LogP contribution in [0.5, 0.6) is 0 Å². The van der Waals surface area contributed by atoms with E-state index >= 15 is 0 Å². The van der Waals surface area contributed by atoms with E-state index in [0.29, 0.717) is 16.2 Å². The van der Waals surface area contributed by atoms with Crippen LogP contribution in [0.15, 0.2) is 84.9 Å². The smallest absolute Gasteiger partial charge is 0.335 e.